The van der Waals surface area contributed by atoms with Gasteiger partial charge in [0.25, 0.3) is 0 Å². The normalized spacial score (nSPS) is 15.5. The van der Waals surface area contributed by atoms with Gasteiger partial charge in [-0.05, 0) is 64.7 Å². The van der Waals surface area contributed by atoms with E-state index in [2.05, 4.69) is 57.4 Å². The number of hydrogen-bond donors (Lipinski definition) is 1. The van der Waals surface area contributed by atoms with Gasteiger partial charge in [0.2, 0.25) is 0 Å². The first-order valence-electron chi connectivity index (χ1n) is 7.75. The first kappa shape index (κ1) is 14.2. The zero-order chi connectivity index (χ0) is 15.4. The number of imidazole rings is 1. The van der Waals surface area contributed by atoms with Gasteiger partial charge < -0.3 is 10.3 Å². The van der Waals surface area contributed by atoms with E-state index in [4.69, 9.17) is 10.7 Å². The standard InChI is InChI=1S/C18H25N3/c1-11-6-7-14(10-12(11)2)15-16(19)21(18(3,4)5)17(20-15)13-8-9-13/h6-7,10,13H,8-9,19H2,1-5H3. The zero-order valence-electron chi connectivity index (χ0n) is 13.7. The Hall–Kier alpha value is -1.77. The van der Waals surface area contributed by atoms with Crippen LogP contribution in [-0.4, -0.2) is 9.55 Å². The molecule has 0 bridgehead atoms. The minimum absolute atomic E-state index is 0.0347. The van der Waals surface area contributed by atoms with Gasteiger partial charge in [-0.25, -0.2) is 4.98 Å². The van der Waals surface area contributed by atoms with Crippen molar-refractivity contribution in [3.63, 3.8) is 0 Å². The van der Waals surface area contributed by atoms with Crippen molar-refractivity contribution in [3.8, 4) is 11.3 Å². The summed E-state index contributed by atoms with van der Waals surface area (Å²) in [6.07, 6.45) is 2.47. The molecule has 1 aromatic carbocycles. The highest BCUT2D eigenvalue weighted by Gasteiger charge is 2.34. The van der Waals surface area contributed by atoms with Crippen molar-refractivity contribution < 1.29 is 0 Å². The van der Waals surface area contributed by atoms with E-state index in [-0.39, 0.29) is 5.54 Å². The van der Waals surface area contributed by atoms with Crippen LogP contribution in [0.15, 0.2) is 18.2 Å². The predicted molar refractivity (Wildman–Crippen MR) is 88.5 cm³/mol. The van der Waals surface area contributed by atoms with Crippen molar-refractivity contribution >= 4 is 5.82 Å². The van der Waals surface area contributed by atoms with E-state index in [0.29, 0.717) is 5.92 Å². The van der Waals surface area contributed by atoms with Crippen LogP contribution in [0.5, 0.6) is 0 Å². The second-order valence-corrected chi connectivity index (χ2v) is 7.28. The Morgan fingerprint density at radius 1 is 1.14 bits per heavy atom. The number of nitrogens with zero attached hydrogens (tertiary/aromatic N) is 2. The molecule has 0 unspecified atom stereocenters. The average molecular weight is 283 g/mol. The second kappa shape index (κ2) is 4.62. The highest BCUT2D eigenvalue weighted by Crippen LogP contribution is 2.44. The largest absolute Gasteiger partial charge is 0.383 e. The maximum absolute atomic E-state index is 6.48. The number of hydrogen-bond acceptors (Lipinski definition) is 2. The Kier molecular flexibility index (Phi) is 3.12. The monoisotopic (exact) mass is 283 g/mol. The number of aromatic nitrogens is 2. The van der Waals surface area contributed by atoms with Crippen molar-refractivity contribution in [1.82, 2.24) is 9.55 Å². The van der Waals surface area contributed by atoms with Crippen molar-refractivity contribution in [1.29, 1.82) is 0 Å². The lowest BCUT2D eigenvalue weighted by molar-refractivity contribution is 0.388. The van der Waals surface area contributed by atoms with Gasteiger partial charge in [0.15, 0.2) is 0 Å². The fourth-order valence-electron chi connectivity index (χ4n) is 2.87. The molecule has 21 heavy (non-hydrogen) atoms. The molecule has 1 fully saturated rings. The van der Waals surface area contributed by atoms with E-state index in [1.54, 1.807) is 0 Å². The van der Waals surface area contributed by atoms with Crippen molar-refractivity contribution in [2.24, 2.45) is 0 Å². The Balaban J connectivity index is 2.17. The van der Waals surface area contributed by atoms with Gasteiger partial charge in [-0.2, -0.15) is 0 Å². The molecule has 0 aliphatic heterocycles. The molecule has 3 heteroatoms. The van der Waals surface area contributed by atoms with Gasteiger partial charge in [-0.3, -0.25) is 0 Å². The van der Waals surface area contributed by atoms with E-state index in [9.17, 15) is 0 Å². The van der Waals surface area contributed by atoms with Crippen molar-refractivity contribution in [2.45, 2.75) is 58.9 Å². The zero-order valence-corrected chi connectivity index (χ0v) is 13.7. The van der Waals surface area contributed by atoms with Gasteiger partial charge in [0.05, 0.1) is 0 Å². The molecule has 2 aromatic rings. The summed E-state index contributed by atoms with van der Waals surface area (Å²) in [4.78, 5) is 4.92. The maximum Gasteiger partial charge on any atom is 0.132 e. The Bertz CT molecular complexity index is 685. The highest BCUT2D eigenvalue weighted by atomic mass is 15.2. The van der Waals surface area contributed by atoms with E-state index in [1.165, 1.54) is 24.0 Å². The van der Waals surface area contributed by atoms with Crippen LogP contribution in [0.1, 0.15) is 56.5 Å². The molecule has 1 heterocycles. The first-order valence-corrected chi connectivity index (χ1v) is 7.75. The summed E-state index contributed by atoms with van der Waals surface area (Å²) in [7, 11) is 0. The third-order valence-corrected chi connectivity index (χ3v) is 4.33. The molecule has 0 atom stereocenters. The SMILES string of the molecule is Cc1ccc(-c2nc(C3CC3)n(C(C)(C)C)c2N)cc1C. The van der Waals surface area contributed by atoms with Crippen LogP contribution in [0.2, 0.25) is 0 Å². The molecule has 0 amide bonds. The Morgan fingerprint density at radius 3 is 2.33 bits per heavy atom. The molecule has 1 saturated carbocycles. The predicted octanol–water partition coefficient (Wildman–Crippen LogP) is 4.38. The van der Waals surface area contributed by atoms with Gasteiger partial charge in [-0.1, -0.05) is 12.1 Å². The van der Waals surface area contributed by atoms with Crippen LogP contribution in [0, 0.1) is 13.8 Å². The molecule has 2 N–H and O–H groups in total. The van der Waals surface area contributed by atoms with Crippen molar-refractivity contribution in [3.05, 3.63) is 35.2 Å². The van der Waals surface area contributed by atoms with E-state index >= 15 is 0 Å². The van der Waals surface area contributed by atoms with Crippen LogP contribution in [-0.2, 0) is 5.54 Å². The summed E-state index contributed by atoms with van der Waals surface area (Å²) in [6.45, 7) is 10.9. The number of nitrogens with two attached hydrogens (primary N) is 1. The third kappa shape index (κ3) is 2.45. The molecule has 1 aromatic heterocycles. The summed E-state index contributed by atoms with van der Waals surface area (Å²) in [5, 5.41) is 0. The summed E-state index contributed by atoms with van der Waals surface area (Å²) in [6, 6.07) is 6.47. The Labute approximate surface area is 127 Å². The van der Waals surface area contributed by atoms with E-state index in [0.717, 1.165) is 22.9 Å². The average Bonchev–Trinajstić information content (AvgIpc) is 3.15. The first-order chi connectivity index (χ1) is 9.79. The quantitative estimate of drug-likeness (QED) is 0.888. The number of anilines is 1. The summed E-state index contributed by atoms with van der Waals surface area (Å²) < 4.78 is 2.23. The van der Waals surface area contributed by atoms with E-state index in [1.807, 2.05) is 0 Å². The highest BCUT2D eigenvalue weighted by molar-refractivity contribution is 5.72. The van der Waals surface area contributed by atoms with Gasteiger partial charge in [-0.15, -0.1) is 0 Å². The fourth-order valence-corrected chi connectivity index (χ4v) is 2.87. The number of rotatable bonds is 2. The number of benzene rings is 1. The summed E-state index contributed by atoms with van der Waals surface area (Å²) >= 11 is 0. The second-order valence-electron chi connectivity index (χ2n) is 7.28. The topological polar surface area (TPSA) is 43.8 Å². The molecule has 1 aliphatic rings. The van der Waals surface area contributed by atoms with Crippen LogP contribution < -0.4 is 5.73 Å². The lowest BCUT2D eigenvalue weighted by atomic mass is 10.0. The lowest BCUT2D eigenvalue weighted by Crippen LogP contribution is -2.25. The smallest absolute Gasteiger partial charge is 0.132 e. The molecule has 1 aliphatic carbocycles. The maximum atomic E-state index is 6.48. The molecule has 0 saturated heterocycles. The minimum atomic E-state index is -0.0347. The molecule has 3 nitrogen and oxygen atoms in total. The van der Waals surface area contributed by atoms with Crippen LogP contribution in [0.25, 0.3) is 11.3 Å². The van der Waals surface area contributed by atoms with Gasteiger partial charge >= 0.3 is 0 Å². The van der Waals surface area contributed by atoms with E-state index < -0.39 is 0 Å². The molecule has 0 radical (unpaired) electrons. The fraction of sp³-hybridized carbons (Fsp3) is 0.500. The van der Waals surface area contributed by atoms with Crippen LogP contribution in [0.4, 0.5) is 5.82 Å². The summed E-state index contributed by atoms with van der Waals surface area (Å²) in [5.74, 6) is 2.55. The molecular formula is C18H25N3. The number of nitrogen functional groups attached to an aromatic ring is 1. The Morgan fingerprint density at radius 2 is 1.81 bits per heavy atom. The molecule has 0 spiro atoms. The van der Waals surface area contributed by atoms with Gasteiger partial charge in [0, 0.05) is 17.0 Å². The number of aryl methyl sites for hydroxylation is 2. The van der Waals surface area contributed by atoms with Crippen LogP contribution in [0.3, 0.4) is 0 Å². The molecular weight excluding hydrogens is 258 g/mol. The van der Waals surface area contributed by atoms with Crippen LogP contribution >= 0.6 is 0 Å². The summed E-state index contributed by atoms with van der Waals surface area (Å²) in [5.41, 5.74) is 11.1. The van der Waals surface area contributed by atoms with Gasteiger partial charge in [0.1, 0.15) is 17.3 Å². The molecule has 3 rings (SSSR count). The third-order valence-electron chi connectivity index (χ3n) is 4.33. The lowest BCUT2D eigenvalue weighted by Gasteiger charge is -2.25. The van der Waals surface area contributed by atoms with Crippen molar-refractivity contribution in [2.75, 3.05) is 5.73 Å². The minimum Gasteiger partial charge on any atom is -0.383 e. The molecule has 112 valence electrons.